The molecule has 0 N–H and O–H groups in total. The van der Waals surface area contributed by atoms with Gasteiger partial charge in [-0.2, -0.15) is 0 Å². The second kappa shape index (κ2) is 5.82. The standard InChI is InChI=1S/C16H15ClFN3/c1-11(17)16-20-14-3-2-13(18)10-15(14)21(16)9-6-12-4-7-19-8-5-12/h2-5,7-8,10-11H,6,9H2,1H3. The molecule has 0 radical (unpaired) electrons. The molecule has 2 heterocycles. The van der Waals surface area contributed by atoms with E-state index in [4.69, 9.17) is 11.6 Å². The van der Waals surface area contributed by atoms with Crippen molar-refractivity contribution >= 4 is 22.6 Å². The first-order chi connectivity index (χ1) is 10.1. The van der Waals surface area contributed by atoms with E-state index in [0.717, 1.165) is 23.3 Å². The van der Waals surface area contributed by atoms with E-state index >= 15 is 0 Å². The average molecular weight is 304 g/mol. The summed E-state index contributed by atoms with van der Waals surface area (Å²) in [5.41, 5.74) is 2.73. The van der Waals surface area contributed by atoms with Gasteiger partial charge < -0.3 is 4.57 Å². The topological polar surface area (TPSA) is 30.7 Å². The molecule has 3 aromatic rings. The number of nitrogens with zero attached hydrogens (tertiary/aromatic N) is 3. The Morgan fingerprint density at radius 2 is 2.00 bits per heavy atom. The molecule has 0 saturated carbocycles. The molecule has 1 aromatic carbocycles. The number of halogens is 2. The molecule has 5 heteroatoms. The first kappa shape index (κ1) is 14.0. The van der Waals surface area contributed by atoms with E-state index in [1.54, 1.807) is 18.5 Å². The number of alkyl halides is 1. The molecule has 3 nitrogen and oxygen atoms in total. The van der Waals surface area contributed by atoms with Crippen molar-refractivity contribution < 1.29 is 4.39 Å². The van der Waals surface area contributed by atoms with Gasteiger partial charge in [-0.1, -0.05) is 0 Å². The number of benzene rings is 1. The Labute approximate surface area is 127 Å². The van der Waals surface area contributed by atoms with Crippen LogP contribution in [0.15, 0.2) is 42.7 Å². The van der Waals surface area contributed by atoms with Gasteiger partial charge in [0.05, 0.1) is 16.4 Å². The van der Waals surface area contributed by atoms with Crippen LogP contribution in [0.4, 0.5) is 4.39 Å². The summed E-state index contributed by atoms with van der Waals surface area (Å²) in [6.45, 7) is 2.58. The van der Waals surface area contributed by atoms with Crippen LogP contribution in [0.2, 0.25) is 0 Å². The Balaban J connectivity index is 1.98. The Kier molecular flexibility index (Phi) is 3.88. The van der Waals surface area contributed by atoms with Gasteiger partial charge in [-0.3, -0.25) is 4.98 Å². The normalized spacial score (nSPS) is 12.7. The molecule has 0 spiro atoms. The van der Waals surface area contributed by atoms with Crippen LogP contribution in [0, 0.1) is 5.82 Å². The second-order valence-corrected chi connectivity index (χ2v) is 5.63. The molecule has 108 valence electrons. The highest BCUT2D eigenvalue weighted by molar-refractivity contribution is 6.20. The molecule has 0 saturated heterocycles. The average Bonchev–Trinajstić information content (AvgIpc) is 2.84. The molecular weight excluding hydrogens is 289 g/mol. The zero-order valence-electron chi connectivity index (χ0n) is 11.6. The maximum absolute atomic E-state index is 13.5. The lowest BCUT2D eigenvalue weighted by atomic mass is 10.2. The van der Waals surface area contributed by atoms with E-state index in [1.165, 1.54) is 17.7 Å². The lowest BCUT2D eigenvalue weighted by Crippen LogP contribution is -2.07. The van der Waals surface area contributed by atoms with Gasteiger partial charge in [0.15, 0.2) is 0 Å². The Hall–Kier alpha value is -1.94. The molecule has 3 rings (SSSR count). The minimum atomic E-state index is -0.263. The van der Waals surface area contributed by atoms with Gasteiger partial charge in [0.2, 0.25) is 0 Å². The fourth-order valence-corrected chi connectivity index (χ4v) is 2.61. The van der Waals surface area contributed by atoms with Crippen molar-refractivity contribution in [3.05, 3.63) is 59.9 Å². The number of hydrogen-bond donors (Lipinski definition) is 0. The van der Waals surface area contributed by atoms with Gasteiger partial charge in [-0.05, 0) is 49.2 Å². The van der Waals surface area contributed by atoms with Gasteiger partial charge in [0, 0.05) is 18.9 Å². The van der Waals surface area contributed by atoms with Crippen molar-refractivity contribution in [1.29, 1.82) is 0 Å². The second-order valence-electron chi connectivity index (χ2n) is 4.98. The molecule has 0 aliphatic rings. The molecule has 1 atom stereocenters. The number of aromatic nitrogens is 3. The van der Waals surface area contributed by atoms with Crippen LogP contribution in [0.25, 0.3) is 11.0 Å². The first-order valence-corrected chi connectivity index (χ1v) is 7.27. The summed E-state index contributed by atoms with van der Waals surface area (Å²) in [6.07, 6.45) is 4.36. The number of imidazole rings is 1. The molecule has 0 amide bonds. The minimum Gasteiger partial charge on any atom is -0.326 e. The summed E-state index contributed by atoms with van der Waals surface area (Å²) >= 11 is 6.21. The number of aryl methyl sites for hydroxylation is 2. The fourth-order valence-electron chi connectivity index (χ4n) is 2.44. The van der Waals surface area contributed by atoms with E-state index < -0.39 is 0 Å². The molecule has 0 fully saturated rings. The summed E-state index contributed by atoms with van der Waals surface area (Å²) in [5.74, 6) is 0.507. The number of fused-ring (bicyclic) bond motifs is 1. The predicted octanol–water partition coefficient (Wildman–Crippen LogP) is 4.11. The van der Waals surface area contributed by atoms with Crippen LogP contribution in [0.1, 0.15) is 23.7 Å². The van der Waals surface area contributed by atoms with Crippen LogP contribution in [0.5, 0.6) is 0 Å². The summed E-state index contributed by atoms with van der Waals surface area (Å²) in [7, 11) is 0. The van der Waals surface area contributed by atoms with Crippen molar-refractivity contribution in [2.24, 2.45) is 0 Å². The zero-order valence-corrected chi connectivity index (χ0v) is 12.4. The SMILES string of the molecule is CC(Cl)c1nc2ccc(F)cc2n1CCc1ccncc1. The van der Waals surface area contributed by atoms with Crippen LogP contribution < -0.4 is 0 Å². The maximum atomic E-state index is 13.5. The third-order valence-corrected chi connectivity index (χ3v) is 3.66. The van der Waals surface area contributed by atoms with E-state index in [9.17, 15) is 4.39 Å². The lowest BCUT2D eigenvalue weighted by Gasteiger charge is -2.10. The van der Waals surface area contributed by atoms with E-state index in [2.05, 4.69) is 9.97 Å². The Morgan fingerprint density at radius 3 is 2.71 bits per heavy atom. The Bertz CT molecular complexity index is 753. The first-order valence-electron chi connectivity index (χ1n) is 6.84. The van der Waals surface area contributed by atoms with Crippen molar-refractivity contribution in [3.8, 4) is 0 Å². The number of rotatable bonds is 4. The summed E-state index contributed by atoms with van der Waals surface area (Å²) in [6, 6.07) is 8.58. The predicted molar refractivity (Wildman–Crippen MR) is 81.9 cm³/mol. The molecule has 21 heavy (non-hydrogen) atoms. The van der Waals surface area contributed by atoms with Crippen LogP contribution in [-0.4, -0.2) is 14.5 Å². The largest absolute Gasteiger partial charge is 0.326 e. The van der Waals surface area contributed by atoms with Gasteiger partial charge in [-0.15, -0.1) is 11.6 Å². The van der Waals surface area contributed by atoms with Gasteiger partial charge in [0.1, 0.15) is 11.6 Å². The van der Waals surface area contributed by atoms with Crippen molar-refractivity contribution in [2.45, 2.75) is 25.3 Å². The van der Waals surface area contributed by atoms with Gasteiger partial charge in [0.25, 0.3) is 0 Å². The molecule has 1 unspecified atom stereocenters. The summed E-state index contributed by atoms with van der Waals surface area (Å²) in [5, 5.41) is -0.224. The van der Waals surface area contributed by atoms with Gasteiger partial charge in [-0.25, -0.2) is 9.37 Å². The maximum Gasteiger partial charge on any atom is 0.127 e. The third kappa shape index (κ3) is 2.90. The molecule has 2 aromatic heterocycles. The fraction of sp³-hybridized carbons (Fsp3) is 0.250. The molecule has 0 bridgehead atoms. The van der Waals surface area contributed by atoms with Crippen molar-refractivity contribution in [2.75, 3.05) is 0 Å². The van der Waals surface area contributed by atoms with Crippen LogP contribution in [-0.2, 0) is 13.0 Å². The minimum absolute atomic E-state index is 0.224. The number of hydrogen-bond acceptors (Lipinski definition) is 2. The third-order valence-electron chi connectivity index (χ3n) is 3.47. The van der Waals surface area contributed by atoms with E-state index in [-0.39, 0.29) is 11.2 Å². The monoisotopic (exact) mass is 303 g/mol. The smallest absolute Gasteiger partial charge is 0.127 e. The van der Waals surface area contributed by atoms with Gasteiger partial charge >= 0.3 is 0 Å². The molecule has 0 aliphatic carbocycles. The lowest BCUT2D eigenvalue weighted by molar-refractivity contribution is 0.625. The molecular formula is C16H15ClFN3. The van der Waals surface area contributed by atoms with E-state index in [0.29, 0.717) is 6.54 Å². The van der Waals surface area contributed by atoms with Crippen molar-refractivity contribution in [1.82, 2.24) is 14.5 Å². The quantitative estimate of drug-likeness (QED) is 0.679. The Morgan fingerprint density at radius 1 is 1.24 bits per heavy atom. The highest BCUT2D eigenvalue weighted by atomic mass is 35.5. The summed E-state index contributed by atoms with van der Waals surface area (Å²) in [4.78, 5) is 8.53. The zero-order chi connectivity index (χ0) is 14.8. The number of pyridine rings is 1. The van der Waals surface area contributed by atoms with Crippen LogP contribution >= 0.6 is 11.6 Å². The van der Waals surface area contributed by atoms with Crippen molar-refractivity contribution in [3.63, 3.8) is 0 Å². The molecule has 0 aliphatic heterocycles. The van der Waals surface area contributed by atoms with E-state index in [1.807, 2.05) is 23.6 Å². The van der Waals surface area contributed by atoms with Crippen LogP contribution in [0.3, 0.4) is 0 Å². The highest BCUT2D eigenvalue weighted by Crippen LogP contribution is 2.25. The summed E-state index contributed by atoms with van der Waals surface area (Å²) < 4.78 is 15.5. The highest BCUT2D eigenvalue weighted by Gasteiger charge is 2.15.